The molecule has 0 spiro atoms. The Labute approximate surface area is 112 Å². The maximum Gasteiger partial charge on any atom is 0.246 e. The first kappa shape index (κ1) is 13.4. The van der Waals surface area contributed by atoms with Gasteiger partial charge in [0.05, 0.1) is 6.61 Å². The van der Waals surface area contributed by atoms with Gasteiger partial charge in [-0.1, -0.05) is 13.0 Å². The lowest BCUT2D eigenvalue weighted by Gasteiger charge is -2.12. The van der Waals surface area contributed by atoms with Crippen LogP contribution in [0.1, 0.15) is 26.2 Å². The summed E-state index contributed by atoms with van der Waals surface area (Å²) >= 11 is 0. The Hall–Kier alpha value is -2.04. The monoisotopic (exact) mass is 262 g/mol. The lowest BCUT2D eigenvalue weighted by atomic mass is 10.2. The largest absolute Gasteiger partial charge is 0.494 e. The zero-order chi connectivity index (χ0) is 13.7. The van der Waals surface area contributed by atoms with Crippen molar-refractivity contribution in [2.24, 2.45) is 0 Å². The van der Waals surface area contributed by atoms with Crippen molar-refractivity contribution in [2.45, 2.75) is 32.2 Å². The molecule has 2 rings (SSSR count). The number of ether oxygens (including phenoxy) is 1. The highest BCUT2D eigenvalue weighted by molar-refractivity contribution is 5.99. The van der Waals surface area contributed by atoms with Crippen LogP contribution in [0.25, 0.3) is 0 Å². The highest BCUT2D eigenvalue weighted by Gasteiger charge is 2.27. The summed E-state index contributed by atoms with van der Waals surface area (Å²) in [7, 11) is 0. The molecule has 0 saturated carbocycles. The van der Waals surface area contributed by atoms with E-state index in [9.17, 15) is 9.59 Å². The number of hydrogen-bond acceptors (Lipinski definition) is 3. The minimum Gasteiger partial charge on any atom is -0.494 e. The van der Waals surface area contributed by atoms with Gasteiger partial charge >= 0.3 is 0 Å². The van der Waals surface area contributed by atoms with Gasteiger partial charge in [0, 0.05) is 18.2 Å². The summed E-state index contributed by atoms with van der Waals surface area (Å²) in [6.45, 7) is 2.69. The van der Waals surface area contributed by atoms with Gasteiger partial charge in [0.1, 0.15) is 11.8 Å². The van der Waals surface area contributed by atoms with E-state index < -0.39 is 6.04 Å². The molecule has 0 radical (unpaired) electrons. The fourth-order valence-corrected chi connectivity index (χ4v) is 1.92. The van der Waals surface area contributed by atoms with Crippen molar-refractivity contribution in [3.05, 3.63) is 24.3 Å². The van der Waals surface area contributed by atoms with Crippen LogP contribution >= 0.6 is 0 Å². The molecule has 5 nitrogen and oxygen atoms in total. The minimum absolute atomic E-state index is 0.0693. The zero-order valence-electron chi connectivity index (χ0n) is 10.9. The van der Waals surface area contributed by atoms with E-state index >= 15 is 0 Å². The van der Waals surface area contributed by atoms with Crippen molar-refractivity contribution in [1.29, 1.82) is 0 Å². The fraction of sp³-hybridized carbons (Fsp3) is 0.429. The average Bonchev–Trinajstić information content (AvgIpc) is 2.83. The number of carbonyl (C=O) groups excluding carboxylic acids is 2. The van der Waals surface area contributed by atoms with Crippen LogP contribution in [-0.4, -0.2) is 24.5 Å². The molecule has 1 aromatic carbocycles. The van der Waals surface area contributed by atoms with Crippen molar-refractivity contribution in [3.63, 3.8) is 0 Å². The van der Waals surface area contributed by atoms with Crippen LogP contribution in [0.2, 0.25) is 0 Å². The van der Waals surface area contributed by atoms with Gasteiger partial charge in [-0.15, -0.1) is 0 Å². The Kier molecular flexibility index (Phi) is 4.39. The van der Waals surface area contributed by atoms with Crippen LogP contribution in [0.15, 0.2) is 24.3 Å². The van der Waals surface area contributed by atoms with E-state index in [1.54, 1.807) is 12.1 Å². The van der Waals surface area contributed by atoms with Crippen LogP contribution in [0.5, 0.6) is 5.75 Å². The second-order valence-electron chi connectivity index (χ2n) is 4.52. The summed E-state index contributed by atoms with van der Waals surface area (Å²) in [5, 5.41) is 5.43. The standard InChI is InChI=1S/C14H18N2O3/c1-2-8-19-11-5-3-4-10(9-11)15-14(18)12-6-7-13(17)16-12/h3-5,9,12H,2,6-8H2,1H3,(H,15,18)(H,16,17)/t12-/m0/s1. The smallest absolute Gasteiger partial charge is 0.246 e. The van der Waals surface area contributed by atoms with Gasteiger partial charge < -0.3 is 15.4 Å². The predicted octanol–water partition coefficient (Wildman–Crippen LogP) is 1.69. The molecular formula is C14H18N2O3. The number of carbonyl (C=O) groups is 2. The Morgan fingerprint density at radius 1 is 1.53 bits per heavy atom. The molecule has 5 heteroatoms. The fourth-order valence-electron chi connectivity index (χ4n) is 1.92. The molecule has 19 heavy (non-hydrogen) atoms. The molecule has 1 aliphatic heterocycles. The third kappa shape index (κ3) is 3.71. The van der Waals surface area contributed by atoms with Crippen LogP contribution in [0.3, 0.4) is 0 Å². The minimum atomic E-state index is -0.423. The highest BCUT2D eigenvalue weighted by atomic mass is 16.5. The van der Waals surface area contributed by atoms with Crippen LogP contribution in [0.4, 0.5) is 5.69 Å². The molecule has 1 heterocycles. The summed E-state index contributed by atoms with van der Waals surface area (Å²) in [5.74, 6) is 0.480. The molecule has 1 atom stereocenters. The first-order valence-electron chi connectivity index (χ1n) is 6.52. The SMILES string of the molecule is CCCOc1cccc(NC(=O)[C@@H]2CCC(=O)N2)c1. The Balaban J connectivity index is 1.94. The van der Waals surface area contributed by atoms with E-state index in [2.05, 4.69) is 10.6 Å². The summed E-state index contributed by atoms with van der Waals surface area (Å²) in [4.78, 5) is 23.0. The van der Waals surface area contributed by atoms with Crippen molar-refractivity contribution >= 4 is 17.5 Å². The predicted molar refractivity (Wildman–Crippen MR) is 72.0 cm³/mol. The Morgan fingerprint density at radius 3 is 3.05 bits per heavy atom. The molecule has 1 aromatic rings. The van der Waals surface area contributed by atoms with E-state index in [1.807, 2.05) is 19.1 Å². The quantitative estimate of drug-likeness (QED) is 0.848. The average molecular weight is 262 g/mol. The lowest BCUT2D eigenvalue weighted by molar-refractivity contribution is -0.122. The van der Waals surface area contributed by atoms with Gasteiger partial charge in [-0.25, -0.2) is 0 Å². The summed E-state index contributed by atoms with van der Waals surface area (Å²) in [5.41, 5.74) is 0.680. The van der Waals surface area contributed by atoms with E-state index in [0.29, 0.717) is 25.1 Å². The number of benzene rings is 1. The molecule has 102 valence electrons. The molecule has 1 aliphatic rings. The normalized spacial score (nSPS) is 17.9. The number of hydrogen-bond donors (Lipinski definition) is 2. The Morgan fingerprint density at radius 2 is 2.37 bits per heavy atom. The van der Waals surface area contributed by atoms with Gasteiger partial charge in [-0.05, 0) is 25.0 Å². The second-order valence-corrected chi connectivity index (χ2v) is 4.52. The van der Waals surface area contributed by atoms with Gasteiger partial charge in [-0.3, -0.25) is 9.59 Å². The summed E-state index contributed by atoms with van der Waals surface area (Å²) in [6, 6.07) is 6.83. The highest BCUT2D eigenvalue weighted by Crippen LogP contribution is 2.18. The molecule has 2 amide bonds. The molecule has 0 unspecified atom stereocenters. The topological polar surface area (TPSA) is 67.4 Å². The molecule has 0 aromatic heterocycles. The van der Waals surface area contributed by atoms with Crippen LogP contribution < -0.4 is 15.4 Å². The zero-order valence-corrected chi connectivity index (χ0v) is 10.9. The lowest BCUT2D eigenvalue weighted by Crippen LogP contribution is -2.37. The number of nitrogens with one attached hydrogen (secondary N) is 2. The first-order chi connectivity index (χ1) is 9.19. The van der Waals surface area contributed by atoms with Crippen molar-refractivity contribution in [1.82, 2.24) is 5.32 Å². The van der Waals surface area contributed by atoms with Crippen LogP contribution in [0, 0.1) is 0 Å². The van der Waals surface area contributed by atoms with Crippen molar-refractivity contribution in [2.75, 3.05) is 11.9 Å². The summed E-state index contributed by atoms with van der Waals surface area (Å²) in [6.07, 6.45) is 1.90. The van der Waals surface area contributed by atoms with E-state index in [0.717, 1.165) is 12.2 Å². The van der Waals surface area contributed by atoms with Crippen LogP contribution in [-0.2, 0) is 9.59 Å². The van der Waals surface area contributed by atoms with Gasteiger partial charge in [0.2, 0.25) is 11.8 Å². The third-order valence-electron chi connectivity index (χ3n) is 2.89. The number of amides is 2. The number of rotatable bonds is 5. The molecule has 0 aliphatic carbocycles. The third-order valence-corrected chi connectivity index (χ3v) is 2.89. The van der Waals surface area contributed by atoms with E-state index in [1.165, 1.54) is 0 Å². The van der Waals surface area contributed by atoms with E-state index in [-0.39, 0.29) is 11.8 Å². The van der Waals surface area contributed by atoms with Gasteiger partial charge in [0.25, 0.3) is 0 Å². The van der Waals surface area contributed by atoms with Crippen molar-refractivity contribution < 1.29 is 14.3 Å². The molecule has 1 fully saturated rings. The molecule has 2 N–H and O–H groups in total. The van der Waals surface area contributed by atoms with Gasteiger partial charge in [0.15, 0.2) is 0 Å². The first-order valence-corrected chi connectivity index (χ1v) is 6.52. The molecular weight excluding hydrogens is 244 g/mol. The van der Waals surface area contributed by atoms with E-state index in [4.69, 9.17) is 4.74 Å². The maximum absolute atomic E-state index is 11.9. The second kappa shape index (κ2) is 6.22. The maximum atomic E-state index is 11.9. The molecule has 1 saturated heterocycles. The van der Waals surface area contributed by atoms with Crippen molar-refractivity contribution in [3.8, 4) is 5.75 Å². The number of anilines is 1. The Bertz CT molecular complexity index is 474. The van der Waals surface area contributed by atoms with Gasteiger partial charge in [-0.2, -0.15) is 0 Å². The molecule has 0 bridgehead atoms. The summed E-state index contributed by atoms with van der Waals surface area (Å²) < 4.78 is 5.50.